The second kappa shape index (κ2) is 34.0. The number of pyridine rings is 5. The lowest BCUT2D eigenvalue weighted by Gasteiger charge is -2.10. The molecule has 13 aromatic heterocycles. The molecular weight excluding hydrogens is 1660 g/mol. The van der Waals surface area contributed by atoms with E-state index in [1.165, 1.54) is 148 Å². The molecule has 0 N–H and O–H groups in total. The van der Waals surface area contributed by atoms with Gasteiger partial charge in [-0.1, -0.05) is 267 Å². The Kier molecular flexibility index (Phi) is 19.9. The molecule has 0 aliphatic rings. The van der Waals surface area contributed by atoms with E-state index in [1.54, 1.807) is 12.4 Å². The van der Waals surface area contributed by atoms with E-state index in [-0.39, 0.29) is 0 Å². The van der Waals surface area contributed by atoms with Crippen molar-refractivity contribution in [2.75, 3.05) is 0 Å². The predicted octanol–water partition coefficient (Wildman–Crippen LogP) is 30.6. The third kappa shape index (κ3) is 13.9. The molecule has 0 amide bonds. The number of hydrogen-bond acceptors (Lipinski definition) is 5. The first-order valence-electron chi connectivity index (χ1n) is 45.8. The van der Waals surface area contributed by atoms with Crippen LogP contribution in [0.4, 0.5) is 0 Å². The average molecular weight is 1740 g/mol. The Balaban J connectivity index is 0.0000000965. The molecule has 0 atom stereocenters. The summed E-state index contributed by atoms with van der Waals surface area (Å²) in [6, 6.07) is 158. The Morgan fingerprint density at radius 2 is 0.529 bits per heavy atom. The number of nitrogens with zero attached hydrogens (tertiary/aromatic N) is 13. The van der Waals surface area contributed by atoms with Crippen LogP contribution in [0.25, 0.3) is 221 Å². The van der Waals surface area contributed by atoms with E-state index in [4.69, 9.17) is 19.9 Å². The number of benzene rings is 15. The van der Waals surface area contributed by atoms with Crippen LogP contribution >= 0.6 is 0 Å². The highest BCUT2D eigenvalue weighted by Gasteiger charge is 2.24. The van der Waals surface area contributed by atoms with Crippen LogP contribution in [0.3, 0.4) is 0 Å². The number of para-hydroxylation sites is 8. The van der Waals surface area contributed by atoms with Crippen LogP contribution in [0.15, 0.2) is 505 Å². The Morgan fingerprint density at radius 3 is 0.934 bits per heavy atom. The van der Waals surface area contributed by atoms with Crippen LogP contribution < -0.4 is 0 Å². The molecule has 640 valence electrons. The molecule has 0 saturated carbocycles. The van der Waals surface area contributed by atoms with Crippen LogP contribution in [0, 0.1) is 0 Å². The highest BCUT2D eigenvalue weighted by molar-refractivity contribution is 6.24. The Morgan fingerprint density at radius 1 is 0.176 bits per heavy atom. The topological polar surface area (TPSA) is 104 Å². The summed E-state index contributed by atoms with van der Waals surface area (Å²) in [6.45, 7) is 0. The lowest BCUT2D eigenvalue weighted by atomic mass is 10.1. The minimum atomic E-state index is 0.897. The van der Waals surface area contributed by atoms with Gasteiger partial charge in [0.05, 0.1) is 89.5 Å². The van der Waals surface area contributed by atoms with Crippen LogP contribution in [0.2, 0.25) is 0 Å². The van der Waals surface area contributed by atoms with Crippen molar-refractivity contribution in [3.8, 4) is 90.7 Å². The van der Waals surface area contributed by atoms with Gasteiger partial charge in [0.15, 0.2) is 0 Å². The van der Waals surface area contributed by atoms with Gasteiger partial charge in [0, 0.05) is 154 Å². The van der Waals surface area contributed by atoms with Crippen LogP contribution in [0.1, 0.15) is 0 Å². The summed E-state index contributed by atoms with van der Waals surface area (Å²) in [4.78, 5) is 23.6. The summed E-state index contributed by atoms with van der Waals surface area (Å²) in [5.41, 5.74) is 28.8. The monoisotopic (exact) mass is 1740 g/mol. The molecule has 13 nitrogen and oxygen atoms in total. The Labute approximate surface area is 782 Å². The van der Waals surface area contributed by atoms with E-state index >= 15 is 0 Å². The van der Waals surface area contributed by atoms with E-state index in [9.17, 15) is 0 Å². The molecule has 0 unspecified atom stereocenters. The van der Waals surface area contributed by atoms with Gasteiger partial charge in [-0.15, -0.1) is 0 Å². The normalized spacial score (nSPS) is 11.5. The molecule has 13 heterocycles. The fourth-order valence-electron chi connectivity index (χ4n) is 20.2. The molecule has 0 spiro atoms. The highest BCUT2D eigenvalue weighted by Crippen LogP contribution is 2.45. The van der Waals surface area contributed by atoms with E-state index in [1.807, 2.05) is 67.1 Å². The number of hydrogen-bond donors (Lipinski definition) is 0. The standard InChI is InChI=1S/3C31H21N3.C30H20N4/c1-3-9-22(10-4-1)27-17-16-25(21-32-27)33-20-19-23-15-18-29-30(31(23)33)26-13-7-8-14-28(26)34(29)24-11-5-2-6-12-24;1-3-9-22(10-4-1)24-16-18-29(32-21-24)33-20-19-23-15-17-28-30(31(23)33)26-13-7-8-14-27(26)34(28)25-11-5-2-6-12-25;1-3-9-22(10-4-1)24-17-19-32-29(21-24)33-20-18-23-15-16-28-30(31(23)33)26-13-7-8-14-27(26)34(28)25-11-5-2-6-12-25;1-2-7-23(8-3-1)34-26-11-5-4-9-24(26)29-27(34)14-13-22-17-20-33(30(22)29)28-12-6-10-25(32-28)21-15-18-31-19-16-21/h3*1-21H;1-20H. The first-order valence-corrected chi connectivity index (χ1v) is 45.8. The second-order valence-electron chi connectivity index (χ2n) is 34.0. The van der Waals surface area contributed by atoms with Gasteiger partial charge < -0.3 is 36.5 Å². The zero-order valence-corrected chi connectivity index (χ0v) is 73.7. The smallest absolute Gasteiger partial charge is 0.137 e. The lowest BCUT2D eigenvalue weighted by Crippen LogP contribution is -1.98. The van der Waals surface area contributed by atoms with Crippen molar-refractivity contribution in [2.45, 2.75) is 0 Å². The number of rotatable bonds is 12. The zero-order valence-electron chi connectivity index (χ0n) is 73.7. The summed E-state index contributed by atoms with van der Waals surface area (Å²) in [5, 5.41) is 14.8. The quantitative estimate of drug-likeness (QED) is 0.121. The summed E-state index contributed by atoms with van der Waals surface area (Å²) < 4.78 is 18.3. The largest absolute Gasteiger partial charge is 0.314 e. The maximum absolute atomic E-state index is 5.02. The molecule has 0 saturated heterocycles. The second-order valence-corrected chi connectivity index (χ2v) is 34.0. The minimum Gasteiger partial charge on any atom is -0.314 e. The Hall–Kier alpha value is -18.6. The van der Waals surface area contributed by atoms with Crippen LogP contribution in [0.5, 0.6) is 0 Å². The third-order valence-electron chi connectivity index (χ3n) is 26.3. The fourth-order valence-corrected chi connectivity index (χ4v) is 20.2. The molecule has 136 heavy (non-hydrogen) atoms. The molecule has 0 radical (unpaired) electrons. The van der Waals surface area contributed by atoms with E-state index in [0.29, 0.717) is 0 Å². The maximum atomic E-state index is 5.02. The number of aromatic nitrogens is 13. The van der Waals surface area contributed by atoms with Gasteiger partial charge in [-0.05, 0) is 199 Å². The van der Waals surface area contributed by atoms with Gasteiger partial charge in [0.25, 0.3) is 0 Å². The molecule has 0 aliphatic heterocycles. The fraction of sp³-hybridized carbons (Fsp3) is 0. The summed E-state index contributed by atoms with van der Waals surface area (Å²) in [7, 11) is 0. The van der Waals surface area contributed by atoms with Crippen molar-refractivity contribution < 1.29 is 0 Å². The zero-order chi connectivity index (χ0) is 89.9. The lowest BCUT2D eigenvalue weighted by molar-refractivity contribution is 1.05. The van der Waals surface area contributed by atoms with Crippen molar-refractivity contribution in [3.05, 3.63) is 505 Å². The summed E-state index contributed by atoms with van der Waals surface area (Å²) in [5.74, 6) is 2.73. The van der Waals surface area contributed by atoms with E-state index < -0.39 is 0 Å². The summed E-state index contributed by atoms with van der Waals surface area (Å²) in [6.07, 6.45) is 18.0. The minimum absolute atomic E-state index is 0.897. The van der Waals surface area contributed by atoms with Crippen molar-refractivity contribution in [1.82, 2.24) is 61.5 Å². The van der Waals surface area contributed by atoms with Gasteiger partial charge in [-0.25, -0.2) is 15.0 Å². The maximum Gasteiger partial charge on any atom is 0.137 e. The Bertz CT molecular complexity index is 8760. The van der Waals surface area contributed by atoms with Gasteiger partial charge >= 0.3 is 0 Å². The van der Waals surface area contributed by atoms with Gasteiger partial charge in [0.1, 0.15) is 17.5 Å². The van der Waals surface area contributed by atoms with Crippen molar-refractivity contribution in [2.24, 2.45) is 0 Å². The summed E-state index contributed by atoms with van der Waals surface area (Å²) >= 11 is 0. The van der Waals surface area contributed by atoms with Crippen molar-refractivity contribution in [1.29, 1.82) is 0 Å². The van der Waals surface area contributed by atoms with Gasteiger partial charge in [-0.2, -0.15) is 0 Å². The van der Waals surface area contributed by atoms with E-state index in [2.05, 4.69) is 467 Å². The number of fused-ring (bicyclic) bond motifs is 20. The molecule has 28 aromatic rings. The van der Waals surface area contributed by atoms with Crippen molar-refractivity contribution >= 4 is 131 Å². The molecule has 0 aliphatic carbocycles. The van der Waals surface area contributed by atoms with Crippen LogP contribution in [-0.2, 0) is 0 Å². The van der Waals surface area contributed by atoms with Crippen molar-refractivity contribution in [3.63, 3.8) is 0 Å². The first kappa shape index (κ1) is 79.6. The van der Waals surface area contributed by atoms with Gasteiger partial charge in [0.2, 0.25) is 0 Å². The van der Waals surface area contributed by atoms with Gasteiger partial charge in [-0.3, -0.25) is 9.97 Å². The SMILES string of the molecule is c1ccc(-c2ccc(-n3ccc4ccc5c(c6ccccc6n5-c5ccccc5)c43)cn2)cc1.c1ccc(-c2ccc(-n3ccc4ccc5c(c6ccccc6n5-c5ccccc5)c43)nc2)cc1.c1ccc(-c2ccnc(-n3ccc4ccc5c(c6ccccc6n5-c5ccccc5)c43)c2)cc1.c1ccc(-n2c3ccccc3c3c4c(ccc32)ccn4-c2cccc(-c3ccncc3)n2)cc1. The third-order valence-corrected chi connectivity index (χ3v) is 26.3. The van der Waals surface area contributed by atoms with E-state index in [0.717, 1.165) is 73.8 Å². The van der Waals surface area contributed by atoms with Crippen LogP contribution in [-0.4, -0.2) is 61.5 Å². The molecule has 15 aromatic carbocycles. The molecule has 13 heteroatoms. The molecule has 0 fully saturated rings. The predicted molar refractivity (Wildman–Crippen MR) is 561 cm³/mol. The average Bonchev–Trinajstić information content (AvgIpc) is 1.58. The highest BCUT2D eigenvalue weighted by atomic mass is 15.1. The molecule has 0 bridgehead atoms. The molecular formula is C123H83N13. The molecule has 28 rings (SSSR count). The first-order chi connectivity index (χ1) is 67.5.